The zero-order valence-electron chi connectivity index (χ0n) is 38.8. The number of pyridine rings is 1. The van der Waals surface area contributed by atoms with Gasteiger partial charge in [-0.3, -0.25) is 9.59 Å². The van der Waals surface area contributed by atoms with E-state index in [9.17, 15) is 27.9 Å². The van der Waals surface area contributed by atoms with Crippen LogP contribution in [0.5, 0.6) is 11.5 Å². The van der Waals surface area contributed by atoms with Crippen LogP contribution in [0.2, 0.25) is 0 Å². The molecule has 6 atom stereocenters. The number of carboxylic acids is 1. The highest BCUT2D eigenvalue weighted by atomic mass is 32.2. The average molecular weight is 992 g/mol. The van der Waals surface area contributed by atoms with E-state index in [1.807, 2.05) is 37.4 Å². The van der Waals surface area contributed by atoms with Crippen molar-refractivity contribution in [3.63, 3.8) is 0 Å². The Labute approximate surface area is 405 Å². The molecule has 17 nitrogen and oxygen atoms in total. The number of likely N-dealkylation sites (N-methyl/N-ethyl adjacent to an activating group) is 1. The summed E-state index contributed by atoms with van der Waals surface area (Å²) in [6.45, 7) is 3.93. The number of methoxy groups -OCH3 is 1. The smallest absolute Gasteiger partial charge is 0.408 e. The number of alkyl carbamates (subject to hydrolysis) is 1. The molecule has 1 aromatic carbocycles. The van der Waals surface area contributed by atoms with Gasteiger partial charge in [0.25, 0.3) is 10.0 Å². The lowest BCUT2D eigenvalue weighted by Crippen LogP contribution is -2.56. The van der Waals surface area contributed by atoms with E-state index in [-0.39, 0.29) is 48.5 Å². The highest BCUT2D eigenvalue weighted by molar-refractivity contribution is 7.91. The molecule has 2 aliphatic heterocycles. The van der Waals surface area contributed by atoms with Crippen LogP contribution in [0, 0.1) is 11.8 Å². The highest BCUT2D eigenvalue weighted by Gasteiger charge is 2.61. The van der Waals surface area contributed by atoms with Gasteiger partial charge in [0.1, 0.15) is 51.2 Å². The number of anilines is 1. The predicted octanol–water partition coefficient (Wildman–Crippen LogP) is 7.44. The fourth-order valence-electron chi connectivity index (χ4n) is 9.58. The molecule has 0 radical (unpaired) electrons. The lowest BCUT2D eigenvalue weighted by molar-refractivity contribution is -0.145. The van der Waals surface area contributed by atoms with E-state index in [0.717, 1.165) is 61.4 Å². The van der Waals surface area contributed by atoms with Gasteiger partial charge in [-0.1, -0.05) is 50.3 Å². The third-order valence-corrected chi connectivity index (χ3v) is 17.4. The maximum Gasteiger partial charge on any atom is 0.408 e. The van der Waals surface area contributed by atoms with Crippen molar-refractivity contribution in [2.24, 2.45) is 11.8 Å². The summed E-state index contributed by atoms with van der Waals surface area (Å²) in [7, 11) is -0.801. The second kappa shape index (κ2) is 21.1. The summed E-state index contributed by atoms with van der Waals surface area (Å²) in [5.41, 5.74) is 0.213. The fourth-order valence-corrected chi connectivity index (χ4v) is 12.8. The number of ether oxygens (including phenoxy) is 3. The molecule has 4 N–H and O–H groups in total. The van der Waals surface area contributed by atoms with Crippen LogP contribution in [0.25, 0.3) is 22.3 Å². The molecule has 3 amide bonds. The lowest BCUT2D eigenvalue weighted by Gasteiger charge is -2.33. The predicted molar refractivity (Wildman–Crippen MR) is 259 cm³/mol. The normalized spacial score (nSPS) is 24.8. The number of thiophene rings is 1. The summed E-state index contributed by atoms with van der Waals surface area (Å²) in [6, 6.07) is 8.30. The largest absolute Gasteiger partial charge is 0.497 e. The van der Waals surface area contributed by atoms with Crippen LogP contribution in [-0.4, -0.2) is 120 Å². The molecule has 2 aliphatic carbocycles. The molecule has 0 spiro atoms. The Morgan fingerprint density at radius 3 is 2.54 bits per heavy atom. The van der Waals surface area contributed by atoms with Crippen molar-refractivity contribution in [2.45, 2.75) is 131 Å². The van der Waals surface area contributed by atoms with Gasteiger partial charge in [0, 0.05) is 48.3 Å². The van der Waals surface area contributed by atoms with Crippen molar-refractivity contribution >= 4 is 72.6 Å². The van der Waals surface area contributed by atoms with Gasteiger partial charge < -0.3 is 40.2 Å². The minimum atomic E-state index is -3.85. The lowest BCUT2D eigenvalue weighted by atomic mass is 9.85. The molecule has 68 heavy (non-hydrogen) atoms. The SMILES string of the molecule is COc1ccc2c(O[C@@H]3C[C@H]4C(=O)N[C@]5(C(=O)O)CC5/C=C\CCCCC[C@H](NC(=O)OC(CN(C)S(=O)(=O)c5cccs5)C5CCCCC5)C(=O)N4C3)cc(-c3csc(NC(C)C)n3)nc2c1. The fraction of sp³-hybridized carbons (Fsp3) is 0.542. The Kier molecular flexibility index (Phi) is 15.3. The Balaban J connectivity index is 1.08. The molecule has 20 heteroatoms. The van der Waals surface area contributed by atoms with Crippen molar-refractivity contribution in [3.8, 4) is 22.9 Å². The minimum absolute atomic E-state index is 0.0220. The van der Waals surface area contributed by atoms with Crippen molar-refractivity contribution < 1.29 is 46.9 Å². The number of nitrogens with one attached hydrogen (secondary N) is 3. The first-order valence-corrected chi connectivity index (χ1v) is 26.7. The van der Waals surface area contributed by atoms with Crippen molar-refractivity contribution in [1.29, 1.82) is 0 Å². The summed E-state index contributed by atoms with van der Waals surface area (Å²) in [4.78, 5) is 67.5. The summed E-state index contributed by atoms with van der Waals surface area (Å²) in [6.07, 6.45) is 9.00. The van der Waals surface area contributed by atoms with E-state index in [4.69, 9.17) is 24.2 Å². The van der Waals surface area contributed by atoms with E-state index < -0.39 is 69.6 Å². The van der Waals surface area contributed by atoms with Crippen LogP contribution in [0.1, 0.15) is 90.9 Å². The number of carboxylic acid groups (broad SMARTS) is 1. The van der Waals surface area contributed by atoms with Gasteiger partial charge >= 0.3 is 12.1 Å². The van der Waals surface area contributed by atoms with Crippen LogP contribution in [-0.2, 0) is 29.1 Å². The number of rotatable bonds is 14. The number of sulfonamides is 1. The van der Waals surface area contributed by atoms with Crippen LogP contribution in [0.15, 0.2) is 63.5 Å². The average Bonchev–Trinajstić information content (AvgIpc) is 3.79. The molecule has 0 bridgehead atoms. The zero-order valence-corrected chi connectivity index (χ0v) is 41.3. The van der Waals surface area contributed by atoms with Gasteiger partial charge in [0.15, 0.2) is 5.13 Å². The van der Waals surface area contributed by atoms with Crippen molar-refractivity contribution in [1.82, 2.24) is 29.8 Å². The molecule has 3 aromatic heterocycles. The number of thiazole rings is 1. The maximum atomic E-state index is 15.0. The molecular weight excluding hydrogens is 931 g/mol. The summed E-state index contributed by atoms with van der Waals surface area (Å²) in [5.74, 6) is -1.81. The molecule has 2 saturated carbocycles. The number of carbonyl (C=O) groups excluding carboxylic acids is 3. The molecule has 5 heterocycles. The van der Waals surface area contributed by atoms with E-state index in [1.165, 1.54) is 27.6 Å². The van der Waals surface area contributed by atoms with Crippen LogP contribution in [0.3, 0.4) is 0 Å². The topological polar surface area (TPSA) is 219 Å². The molecule has 4 aromatic rings. The van der Waals surface area contributed by atoms with Crippen LogP contribution in [0.4, 0.5) is 9.93 Å². The summed E-state index contributed by atoms with van der Waals surface area (Å²) in [5, 5.41) is 24.4. The van der Waals surface area contributed by atoms with Gasteiger partial charge in [-0.05, 0) is 81.9 Å². The maximum absolute atomic E-state index is 15.0. The van der Waals surface area contributed by atoms with Crippen LogP contribution >= 0.6 is 22.7 Å². The third kappa shape index (κ3) is 11.1. The van der Waals surface area contributed by atoms with E-state index >= 15 is 4.79 Å². The number of nitrogens with zero attached hydrogens (tertiary/aromatic N) is 4. The molecule has 8 rings (SSSR count). The molecule has 3 fully saturated rings. The second-order valence-electron chi connectivity index (χ2n) is 18.6. The highest BCUT2D eigenvalue weighted by Crippen LogP contribution is 2.46. The standard InChI is InChI=1S/C48H61N7O10S3/c1-29(2)49-46-51-38(28-67-46)37-24-40(34-20-19-32(63-4)22-36(34)50-37)64-33-23-39-43(56)53-48(45(58)59)25-31(48)16-11-6-5-7-12-17-35(44(57)55(39)26-33)52-47(60)65-41(30-14-9-8-10-15-30)27-54(3)68(61,62)42-18-13-21-66-42/h11,13,16,18-22,24,28-31,33,35,39,41H,5-10,12,14-15,17,23,25-27H2,1-4H3,(H,49,51)(H,52,60)(H,53,56)(H,58,59)/b16-11-/t31?,33-,35+,39+,41?,48-/m1/s1. The van der Waals surface area contributed by atoms with E-state index in [1.54, 1.807) is 42.8 Å². The second-order valence-corrected chi connectivity index (χ2v) is 22.7. The number of allylic oxidation sites excluding steroid dienone is 1. The van der Waals surface area contributed by atoms with Gasteiger partial charge in [-0.15, -0.1) is 22.7 Å². The quantitative estimate of drug-likeness (QED) is 0.0905. The number of amides is 3. The van der Waals surface area contributed by atoms with E-state index in [0.29, 0.717) is 46.6 Å². The number of aromatic nitrogens is 2. The number of hydrogen-bond donors (Lipinski definition) is 4. The minimum Gasteiger partial charge on any atom is -0.497 e. The first-order valence-electron chi connectivity index (χ1n) is 23.5. The van der Waals surface area contributed by atoms with Gasteiger partial charge in [-0.2, -0.15) is 4.31 Å². The Hall–Kier alpha value is -5.31. The monoisotopic (exact) mass is 991 g/mol. The number of carbonyl (C=O) groups is 4. The number of aliphatic carboxylic acids is 1. The Morgan fingerprint density at radius 2 is 1.81 bits per heavy atom. The summed E-state index contributed by atoms with van der Waals surface area (Å²) >= 11 is 2.56. The number of fused-ring (bicyclic) bond motifs is 3. The van der Waals surface area contributed by atoms with Gasteiger partial charge in [0.2, 0.25) is 11.8 Å². The molecule has 366 valence electrons. The van der Waals surface area contributed by atoms with E-state index in [2.05, 4.69) is 16.0 Å². The van der Waals surface area contributed by atoms with Gasteiger partial charge in [-0.25, -0.2) is 28.0 Å². The number of hydrogen-bond acceptors (Lipinski definition) is 14. The number of benzene rings is 1. The van der Waals surface area contributed by atoms with Crippen molar-refractivity contribution in [3.05, 3.63) is 59.3 Å². The first kappa shape index (κ1) is 49.1. The Bertz CT molecular complexity index is 2600. The third-order valence-electron chi connectivity index (χ3n) is 13.4. The first-order chi connectivity index (χ1) is 32.6. The molecular formula is C48H61N7O10S3. The molecule has 2 unspecified atom stereocenters. The zero-order chi connectivity index (χ0) is 48.2. The summed E-state index contributed by atoms with van der Waals surface area (Å²) < 4.78 is 46.9. The molecule has 4 aliphatic rings. The molecule has 1 saturated heterocycles. The van der Waals surface area contributed by atoms with Crippen molar-refractivity contribution in [2.75, 3.05) is 32.6 Å². The van der Waals surface area contributed by atoms with Gasteiger partial charge in [0.05, 0.1) is 31.4 Å². The van der Waals surface area contributed by atoms with Crippen LogP contribution < -0.4 is 25.4 Å². The Morgan fingerprint density at radius 1 is 1.03 bits per heavy atom.